The highest BCUT2D eigenvalue weighted by molar-refractivity contribution is 7.10. The molecule has 166 valence electrons. The molecule has 0 radical (unpaired) electrons. The van der Waals surface area contributed by atoms with Crippen molar-refractivity contribution < 1.29 is 15.0 Å². The maximum Gasteiger partial charge on any atom is 0.119 e. The summed E-state index contributed by atoms with van der Waals surface area (Å²) in [6, 6.07) is 6.68. The van der Waals surface area contributed by atoms with Crippen LogP contribution in [0.3, 0.4) is 0 Å². The summed E-state index contributed by atoms with van der Waals surface area (Å²) >= 11 is 1.76. The molecule has 0 spiro atoms. The molecule has 5 atom stereocenters. The van der Waals surface area contributed by atoms with Gasteiger partial charge in [-0.15, -0.1) is 11.3 Å². The molecule has 1 aromatic heterocycles. The highest BCUT2D eigenvalue weighted by Gasteiger charge is 2.46. The maximum absolute atomic E-state index is 11.0. The van der Waals surface area contributed by atoms with Crippen LogP contribution in [-0.2, 0) is 10.2 Å². The maximum atomic E-state index is 11.0. The van der Waals surface area contributed by atoms with E-state index in [0.717, 1.165) is 70.5 Å². The van der Waals surface area contributed by atoms with Crippen molar-refractivity contribution >= 4 is 17.6 Å². The summed E-state index contributed by atoms with van der Waals surface area (Å²) in [5, 5.41) is 33.3. The average molecular weight is 432 g/mol. The summed E-state index contributed by atoms with van der Waals surface area (Å²) in [6.45, 7) is 0. The zero-order chi connectivity index (χ0) is 21.4. The summed E-state index contributed by atoms with van der Waals surface area (Å²) in [7, 11) is 0. The largest absolute Gasteiger partial charge is 0.393 e. The van der Waals surface area contributed by atoms with Crippen molar-refractivity contribution in [3.05, 3.63) is 22.4 Å². The first kappa shape index (κ1) is 23.4. The molecule has 3 unspecified atom stereocenters. The van der Waals surface area contributed by atoms with Gasteiger partial charge in [-0.25, -0.2) is 0 Å². The third-order valence-corrected chi connectivity index (χ3v) is 8.83. The summed E-state index contributed by atoms with van der Waals surface area (Å²) in [4.78, 5) is 11.7. The second-order valence-electron chi connectivity index (χ2n) is 9.46. The smallest absolute Gasteiger partial charge is 0.119 e. The molecule has 1 heterocycles. The van der Waals surface area contributed by atoms with Gasteiger partial charge in [-0.05, 0) is 68.2 Å². The Kier molecular flexibility index (Phi) is 8.92. The number of carbonyl (C=O) groups is 1. The number of hydrogen-bond acceptors (Lipinski definition) is 5. The van der Waals surface area contributed by atoms with E-state index < -0.39 is 0 Å². The molecule has 2 fully saturated rings. The Morgan fingerprint density at radius 2 is 1.97 bits per heavy atom. The minimum atomic E-state index is -0.387. The Balaban J connectivity index is 1.48. The normalized spacial score (nSPS) is 28.6. The van der Waals surface area contributed by atoms with Crippen LogP contribution in [0.1, 0.15) is 88.3 Å². The molecular formula is C25H37NO3S. The first-order chi connectivity index (χ1) is 14.6. The van der Waals surface area contributed by atoms with Crippen LogP contribution in [0, 0.1) is 29.1 Å². The first-order valence-corrected chi connectivity index (χ1v) is 12.7. The van der Waals surface area contributed by atoms with Crippen molar-refractivity contribution in [2.24, 2.45) is 17.8 Å². The lowest BCUT2D eigenvalue weighted by molar-refractivity contribution is -0.107. The van der Waals surface area contributed by atoms with Gasteiger partial charge in [0, 0.05) is 16.7 Å². The van der Waals surface area contributed by atoms with Crippen LogP contribution in [0.5, 0.6) is 0 Å². The fraction of sp³-hybridized carbons (Fsp3) is 0.760. The van der Waals surface area contributed by atoms with Crippen LogP contribution < -0.4 is 0 Å². The number of aldehydes is 1. The van der Waals surface area contributed by atoms with Crippen LogP contribution in [-0.4, -0.2) is 28.7 Å². The van der Waals surface area contributed by atoms with E-state index in [4.69, 9.17) is 0 Å². The van der Waals surface area contributed by atoms with E-state index in [-0.39, 0.29) is 35.4 Å². The monoisotopic (exact) mass is 431 g/mol. The second-order valence-corrected chi connectivity index (χ2v) is 10.4. The molecule has 2 N–H and O–H groups in total. The first-order valence-electron chi connectivity index (χ1n) is 11.9. The molecule has 1 aromatic rings. The van der Waals surface area contributed by atoms with Gasteiger partial charge in [0.05, 0.1) is 24.2 Å². The molecule has 0 saturated heterocycles. The Hall–Kier alpha value is -1.22. The number of nitriles is 1. The van der Waals surface area contributed by atoms with Gasteiger partial charge in [0.2, 0.25) is 0 Å². The minimum Gasteiger partial charge on any atom is -0.393 e. The number of carbonyl (C=O) groups excluding carboxylic acids is 1. The topological polar surface area (TPSA) is 81.3 Å². The van der Waals surface area contributed by atoms with Crippen molar-refractivity contribution in [2.75, 3.05) is 0 Å². The highest BCUT2D eigenvalue weighted by Crippen LogP contribution is 2.50. The number of unbranched alkanes of at least 4 members (excludes halogenated alkanes) is 4. The molecule has 2 aliphatic carbocycles. The van der Waals surface area contributed by atoms with Gasteiger partial charge in [-0.2, -0.15) is 5.26 Å². The van der Waals surface area contributed by atoms with E-state index in [1.807, 2.05) is 0 Å². The van der Waals surface area contributed by atoms with Gasteiger partial charge in [0.25, 0.3) is 0 Å². The molecule has 2 aliphatic rings. The van der Waals surface area contributed by atoms with Crippen LogP contribution >= 0.6 is 11.3 Å². The molecular weight excluding hydrogens is 394 g/mol. The van der Waals surface area contributed by atoms with Crippen LogP contribution in [0.25, 0.3) is 0 Å². The van der Waals surface area contributed by atoms with Crippen LogP contribution in [0.2, 0.25) is 0 Å². The predicted molar refractivity (Wildman–Crippen MR) is 120 cm³/mol. The van der Waals surface area contributed by atoms with Crippen LogP contribution in [0.15, 0.2) is 17.5 Å². The molecule has 2 saturated carbocycles. The Morgan fingerprint density at radius 1 is 1.20 bits per heavy atom. The van der Waals surface area contributed by atoms with Crippen molar-refractivity contribution in [2.45, 2.75) is 101 Å². The summed E-state index contributed by atoms with van der Waals surface area (Å²) in [5.74, 6) is 0.396. The van der Waals surface area contributed by atoms with E-state index in [2.05, 4.69) is 23.6 Å². The SMILES string of the molecule is N#CC1C[C@@H](O)C(CCCC(O)C2(c3cccs3)CCC2)[C@H]1CCCCCCC=O. The van der Waals surface area contributed by atoms with Gasteiger partial charge in [0.1, 0.15) is 6.29 Å². The molecule has 4 nitrogen and oxygen atoms in total. The molecule has 0 bridgehead atoms. The lowest BCUT2D eigenvalue weighted by Gasteiger charge is -2.45. The molecule has 3 rings (SSSR count). The van der Waals surface area contributed by atoms with Crippen molar-refractivity contribution in [3.63, 3.8) is 0 Å². The Morgan fingerprint density at radius 3 is 2.60 bits per heavy atom. The highest BCUT2D eigenvalue weighted by atomic mass is 32.1. The fourth-order valence-electron chi connectivity index (χ4n) is 5.81. The molecule has 30 heavy (non-hydrogen) atoms. The molecule has 0 aromatic carbocycles. The number of aliphatic hydroxyl groups is 2. The third-order valence-electron chi connectivity index (χ3n) is 7.74. The number of nitrogens with zero attached hydrogens (tertiary/aromatic N) is 1. The second kappa shape index (κ2) is 11.4. The van der Waals surface area contributed by atoms with Crippen molar-refractivity contribution in [3.8, 4) is 6.07 Å². The lowest BCUT2D eigenvalue weighted by atomic mass is 9.63. The lowest BCUT2D eigenvalue weighted by Crippen LogP contribution is -2.45. The Bertz CT molecular complexity index is 679. The van der Waals surface area contributed by atoms with Gasteiger partial charge in [-0.3, -0.25) is 0 Å². The number of hydrogen-bond donors (Lipinski definition) is 2. The number of thiophene rings is 1. The Labute approximate surface area is 185 Å². The van der Waals surface area contributed by atoms with Gasteiger partial charge >= 0.3 is 0 Å². The third kappa shape index (κ3) is 5.33. The summed E-state index contributed by atoms with van der Waals surface area (Å²) < 4.78 is 0. The van der Waals surface area contributed by atoms with Gasteiger partial charge in [0.15, 0.2) is 0 Å². The van der Waals surface area contributed by atoms with E-state index in [0.29, 0.717) is 12.8 Å². The summed E-state index contributed by atoms with van der Waals surface area (Å²) in [6.07, 6.45) is 12.6. The zero-order valence-electron chi connectivity index (χ0n) is 18.0. The number of rotatable bonds is 13. The average Bonchev–Trinajstić information content (AvgIpc) is 3.33. The fourth-order valence-corrected chi connectivity index (χ4v) is 6.85. The molecule has 0 aliphatic heterocycles. The van der Waals surface area contributed by atoms with Gasteiger partial charge < -0.3 is 15.0 Å². The van der Waals surface area contributed by atoms with E-state index >= 15 is 0 Å². The van der Waals surface area contributed by atoms with Gasteiger partial charge in [-0.1, -0.05) is 38.2 Å². The molecule has 5 heteroatoms. The van der Waals surface area contributed by atoms with Crippen molar-refractivity contribution in [1.29, 1.82) is 5.26 Å². The van der Waals surface area contributed by atoms with E-state index in [9.17, 15) is 20.3 Å². The number of aliphatic hydroxyl groups excluding tert-OH is 2. The van der Waals surface area contributed by atoms with E-state index in [1.165, 1.54) is 11.3 Å². The van der Waals surface area contributed by atoms with E-state index in [1.54, 1.807) is 11.3 Å². The standard InChI is InChI=1S/C25H37NO3S/c26-18-19-17-22(28)21(20(19)9-4-2-1-3-5-15-27)10-6-11-23(29)25(13-8-14-25)24-12-7-16-30-24/h7,12,15-16,19-23,28-29H,1-6,8-11,13-14,17H2/t19?,20-,21?,22+,23?/m0/s1. The minimum absolute atomic E-state index is 0.0431. The quantitative estimate of drug-likeness (QED) is 0.325. The van der Waals surface area contributed by atoms with Crippen molar-refractivity contribution in [1.82, 2.24) is 0 Å². The predicted octanol–water partition coefficient (Wildman–Crippen LogP) is 5.38. The summed E-state index contributed by atoms with van der Waals surface area (Å²) in [5.41, 5.74) is -0.0431. The molecule has 0 amide bonds. The van der Waals surface area contributed by atoms with Crippen LogP contribution in [0.4, 0.5) is 0 Å². The zero-order valence-corrected chi connectivity index (χ0v) is 18.9.